The largest absolute Gasteiger partial charge is 0.366 e. The van der Waals surface area contributed by atoms with Gasteiger partial charge in [-0.1, -0.05) is 19.9 Å². The SMILES string of the molecule is CC(C)c1cc(C(N)=O)c(NC(=O)c2ccccn2)s1. The van der Waals surface area contributed by atoms with E-state index in [1.165, 1.54) is 17.5 Å². The first-order chi connectivity index (χ1) is 9.49. The zero-order valence-corrected chi connectivity index (χ0v) is 12.0. The molecule has 0 aliphatic heterocycles. The van der Waals surface area contributed by atoms with E-state index in [0.29, 0.717) is 16.3 Å². The molecule has 0 saturated heterocycles. The maximum atomic E-state index is 12.0. The Morgan fingerprint density at radius 1 is 1.35 bits per heavy atom. The molecule has 104 valence electrons. The standard InChI is InChI=1S/C14H15N3O2S/c1-8(2)11-7-9(12(15)18)14(20-11)17-13(19)10-5-3-4-6-16-10/h3-8H,1-2H3,(H2,15,18)(H,17,19). The van der Waals surface area contributed by atoms with Crippen molar-refractivity contribution in [1.82, 2.24) is 4.98 Å². The van der Waals surface area contributed by atoms with Crippen LogP contribution in [0.5, 0.6) is 0 Å². The number of pyridine rings is 1. The molecule has 2 heterocycles. The van der Waals surface area contributed by atoms with E-state index in [1.807, 2.05) is 13.8 Å². The monoisotopic (exact) mass is 289 g/mol. The van der Waals surface area contributed by atoms with Crippen LogP contribution in [0.4, 0.5) is 5.00 Å². The topological polar surface area (TPSA) is 85.1 Å². The van der Waals surface area contributed by atoms with Crippen LogP contribution >= 0.6 is 11.3 Å². The number of carbonyl (C=O) groups excluding carboxylic acids is 2. The zero-order valence-electron chi connectivity index (χ0n) is 11.2. The van der Waals surface area contributed by atoms with Crippen molar-refractivity contribution < 1.29 is 9.59 Å². The number of anilines is 1. The molecule has 6 heteroatoms. The Balaban J connectivity index is 2.29. The molecule has 20 heavy (non-hydrogen) atoms. The first-order valence-corrected chi connectivity index (χ1v) is 6.96. The molecule has 0 spiro atoms. The van der Waals surface area contributed by atoms with Crippen molar-refractivity contribution in [3.8, 4) is 0 Å². The summed E-state index contributed by atoms with van der Waals surface area (Å²) in [5.41, 5.74) is 5.97. The highest BCUT2D eigenvalue weighted by atomic mass is 32.1. The smallest absolute Gasteiger partial charge is 0.274 e. The van der Waals surface area contributed by atoms with Gasteiger partial charge < -0.3 is 11.1 Å². The molecule has 0 aliphatic carbocycles. The summed E-state index contributed by atoms with van der Waals surface area (Å²) < 4.78 is 0. The fraction of sp³-hybridized carbons (Fsp3) is 0.214. The summed E-state index contributed by atoms with van der Waals surface area (Å²) in [6, 6.07) is 6.79. The lowest BCUT2D eigenvalue weighted by Gasteiger charge is -2.03. The maximum Gasteiger partial charge on any atom is 0.274 e. The number of nitrogens with one attached hydrogen (secondary N) is 1. The van der Waals surface area contributed by atoms with E-state index in [1.54, 1.807) is 24.3 Å². The lowest BCUT2D eigenvalue weighted by atomic mass is 10.1. The molecule has 5 nitrogen and oxygen atoms in total. The van der Waals surface area contributed by atoms with Crippen LogP contribution in [-0.4, -0.2) is 16.8 Å². The Bertz CT molecular complexity index is 635. The molecule has 3 N–H and O–H groups in total. The van der Waals surface area contributed by atoms with Gasteiger partial charge in [0.15, 0.2) is 0 Å². The predicted molar refractivity (Wildman–Crippen MR) is 79.1 cm³/mol. The number of hydrogen-bond acceptors (Lipinski definition) is 4. The van der Waals surface area contributed by atoms with Crippen LogP contribution in [0.2, 0.25) is 0 Å². The fourth-order valence-corrected chi connectivity index (χ4v) is 2.70. The van der Waals surface area contributed by atoms with Crippen LogP contribution in [0, 0.1) is 0 Å². The highest BCUT2D eigenvalue weighted by Gasteiger charge is 2.18. The number of thiophene rings is 1. The third kappa shape index (κ3) is 3.03. The summed E-state index contributed by atoms with van der Waals surface area (Å²) in [5, 5.41) is 3.17. The molecule has 0 aliphatic rings. The minimum absolute atomic E-state index is 0.263. The Morgan fingerprint density at radius 3 is 2.65 bits per heavy atom. The van der Waals surface area contributed by atoms with Crippen LogP contribution in [0.15, 0.2) is 30.5 Å². The maximum absolute atomic E-state index is 12.0. The van der Waals surface area contributed by atoms with Gasteiger partial charge in [-0.3, -0.25) is 14.6 Å². The van der Waals surface area contributed by atoms with Crippen LogP contribution in [-0.2, 0) is 0 Å². The van der Waals surface area contributed by atoms with Crippen molar-refractivity contribution in [2.45, 2.75) is 19.8 Å². The molecule has 0 fully saturated rings. The average molecular weight is 289 g/mol. The van der Waals surface area contributed by atoms with Crippen molar-refractivity contribution in [1.29, 1.82) is 0 Å². The zero-order chi connectivity index (χ0) is 14.7. The van der Waals surface area contributed by atoms with E-state index in [0.717, 1.165) is 4.88 Å². The predicted octanol–water partition coefficient (Wildman–Crippen LogP) is 2.62. The summed E-state index contributed by atoms with van der Waals surface area (Å²) in [5.74, 6) is -0.645. The minimum Gasteiger partial charge on any atom is -0.366 e. The first-order valence-electron chi connectivity index (χ1n) is 6.15. The average Bonchev–Trinajstić information content (AvgIpc) is 2.84. The van der Waals surface area contributed by atoms with Gasteiger partial charge in [0.1, 0.15) is 10.7 Å². The quantitative estimate of drug-likeness (QED) is 0.907. The molecule has 2 amide bonds. The van der Waals surface area contributed by atoms with Crippen LogP contribution in [0.3, 0.4) is 0 Å². The van der Waals surface area contributed by atoms with Crippen LogP contribution in [0.1, 0.15) is 45.5 Å². The molecule has 0 unspecified atom stereocenters. The molecule has 2 rings (SSSR count). The van der Waals surface area contributed by atoms with Crippen LogP contribution in [0.25, 0.3) is 0 Å². The molecule has 0 radical (unpaired) electrons. The van der Waals surface area contributed by atoms with Gasteiger partial charge >= 0.3 is 0 Å². The number of nitrogens with zero attached hydrogens (tertiary/aromatic N) is 1. The minimum atomic E-state index is -0.551. The van der Waals surface area contributed by atoms with E-state index in [9.17, 15) is 9.59 Å². The van der Waals surface area contributed by atoms with Crippen molar-refractivity contribution in [2.24, 2.45) is 5.73 Å². The third-order valence-corrected chi connectivity index (χ3v) is 4.06. The fourth-order valence-electron chi connectivity index (χ4n) is 1.63. The van der Waals surface area contributed by atoms with E-state index in [4.69, 9.17) is 5.73 Å². The number of carbonyl (C=O) groups is 2. The summed E-state index contributed by atoms with van der Waals surface area (Å²) in [6.45, 7) is 4.03. The molecule has 0 atom stereocenters. The Kier molecular flexibility index (Phi) is 4.14. The summed E-state index contributed by atoms with van der Waals surface area (Å²) in [4.78, 5) is 28.4. The highest BCUT2D eigenvalue weighted by Crippen LogP contribution is 2.32. The number of rotatable bonds is 4. The normalized spacial score (nSPS) is 10.6. The Morgan fingerprint density at radius 2 is 2.10 bits per heavy atom. The van der Waals surface area contributed by atoms with Gasteiger partial charge in [-0.2, -0.15) is 0 Å². The van der Waals surface area contributed by atoms with Crippen molar-refractivity contribution in [3.05, 3.63) is 46.6 Å². The molecule has 0 aromatic carbocycles. The van der Waals surface area contributed by atoms with E-state index in [-0.39, 0.29) is 11.8 Å². The number of primary amides is 1. The summed E-state index contributed by atoms with van der Waals surface area (Å²) in [7, 11) is 0. The van der Waals surface area contributed by atoms with Gasteiger partial charge in [-0.15, -0.1) is 11.3 Å². The molecule has 2 aromatic rings. The van der Waals surface area contributed by atoms with Gasteiger partial charge in [-0.25, -0.2) is 0 Å². The number of aromatic nitrogens is 1. The number of amides is 2. The van der Waals surface area contributed by atoms with Gasteiger partial charge in [0.25, 0.3) is 11.8 Å². The van der Waals surface area contributed by atoms with Gasteiger partial charge in [0.2, 0.25) is 0 Å². The highest BCUT2D eigenvalue weighted by molar-refractivity contribution is 7.16. The van der Waals surface area contributed by atoms with Crippen molar-refractivity contribution in [2.75, 3.05) is 5.32 Å². The second-order valence-corrected chi connectivity index (χ2v) is 5.66. The lowest BCUT2D eigenvalue weighted by molar-refractivity contribution is 0.100. The van der Waals surface area contributed by atoms with Gasteiger partial charge in [-0.05, 0) is 24.1 Å². The van der Waals surface area contributed by atoms with Gasteiger partial charge in [0.05, 0.1) is 5.56 Å². The van der Waals surface area contributed by atoms with E-state index >= 15 is 0 Å². The molecular weight excluding hydrogens is 274 g/mol. The first kappa shape index (κ1) is 14.2. The second kappa shape index (κ2) is 5.83. The van der Waals surface area contributed by atoms with E-state index in [2.05, 4.69) is 10.3 Å². The second-order valence-electron chi connectivity index (χ2n) is 4.58. The lowest BCUT2D eigenvalue weighted by Crippen LogP contribution is -2.17. The number of nitrogens with two attached hydrogens (primary N) is 1. The van der Waals surface area contributed by atoms with Crippen LogP contribution < -0.4 is 11.1 Å². The molecule has 0 bridgehead atoms. The van der Waals surface area contributed by atoms with Crippen molar-refractivity contribution >= 4 is 28.2 Å². The van der Waals surface area contributed by atoms with Crippen molar-refractivity contribution in [3.63, 3.8) is 0 Å². The number of hydrogen-bond donors (Lipinski definition) is 2. The molecule has 2 aromatic heterocycles. The Hall–Kier alpha value is -2.21. The van der Waals surface area contributed by atoms with Gasteiger partial charge in [0, 0.05) is 11.1 Å². The summed E-state index contributed by atoms with van der Waals surface area (Å²) >= 11 is 1.36. The molecular formula is C14H15N3O2S. The Labute approximate surface area is 120 Å². The molecule has 0 saturated carbocycles. The third-order valence-electron chi connectivity index (χ3n) is 2.71. The van der Waals surface area contributed by atoms with E-state index < -0.39 is 5.91 Å². The summed E-state index contributed by atoms with van der Waals surface area (Å²) in [6.07, 6.45) is 1.54.